The Labute approximate surface area is 92.1 Å². The van der Waals surface area contributed by atoms with Crippen molar-refractivity contribution in [3.63, 3.8) is 0 Å². The first-order valence-electron chi connectivity index (χ1n) is 5.13. The van der Waals surface area contributed by atoms with Crippen LogP contribution < -0.4 is 0 Å². The lowest BCUT2D eigenvalue weighted by atomic mass is 9.72. The van der Waals surface area contributed by atoms with E-state index in [0.29, 0.717) is 0 Å². The molecule has 1 aromatic carbocycles. The molecule has 1 aromatic rings. The van der Waals surface area contributed by atoms with Crippen LogP contribution in [0.2, 0.25) is 0 Å². The number of hydrogen-bond acceptors (Lipinski definition) is 1. The average molecular weight is 202 g/mol. The molecule has 1 N–H and O–H groups in total. The summed E-state index contributed by atoms with van der Waals surface area (Å²) in [6, 6.07) is 9.60. The third-order valence-electron chi connectivity index (χ3n) is 2.58. The Morgan fingerprint density at radius 2 is 1.60 bits per heavy atom. The molecular weight excluding hydrogens is 184 g/mol. The van der Waals surface area contributed by atoms with Gasteiger partial charge in [0.05, 0.1) is 0 Å². The van der Waals surface area contributed by atoms with Gasteiger partial charge in [0.25, 0.3) is 0 Å². The summed E-state index contributed by atoms with van der Waals surface area (Å²) in [6.07, 6.45) is 0. The van der Waals surface area contributed by atoms with Crippen LogP contribution >= 0.6 is 0 Å². The van der Waals surface area contributed by atoms with E-state index in [1.54, 1.807) is 6.92 Å². The molecule has 1 atom stereocenters. The summed E-state index contributed by atoms with van der Waals surface area (Å²) < 4.78 is 0. The second-order valence-corrected chi connectivity index (χ2v) is 4.70. The van der Waals surface area contributed by atoms with Crippen molar-refractivity contribution in [2.45, 2.75) is 33.3 Å². The van der Waals surface area contributed by atoms with E-state index >= 15 is 0 Å². The molecule has 80 valence electrons. The Kier molecular flexibility index (Phi) is 3.21. The van der Waals surface area contributed by atoms with Crippen molar-refractivity contribution in [1.82, 2.24) is 0 Å². The molecule has 0 aliphatic heterocycles. The minimum absolute atomic E-state index is 0.308. The van der Waals surface area contributed by atoms with Gasteiger partial charge in [-0.3, -0.25) is 0 Å². The quantitative estimate of drug-likeness (QED) is 0.694. The molecule has 1 heteroatoms. The average Bonchev–Trinajstić information content (AvgIpc) is 2.18. The van der Waals surface area contributed by atoms with Crippen LogP contribution in [0, 0.1) is 17.3 Å². The highest BCUT2D eigenvalue weighted by Crippen LogP contribution is 2.38. The zero-order valence-electron chi connectivity index (χ0n) is 9.83. The van der Waals surface area contributed by atoms with Gasteiger partial charge in [-0.2, -0.15) is 0 Å². The zero-order chi connectivity index (χ0) is 11.5. The van der Waals surface area contributed by atoms with Crippen molar-refractivity contribution >= 4 is 0 Å². The predicted molar refractivity (Wildman–Crippen MR) is 63.2 cm³/mol. The number of aliphatic hydroxyl groups is 1. The number of rotatable bonds is 1. The standard InChI is InChI=1S/C14H18O/c1-5-11-14(15,13(2,3)4)12-9-7-6-8-10-12/h6-10,15H,1-4H3. The topological polar surface area (TPSA) is 20.2 Å². The molecule has 0 aliphatic carbocycles. The van der Waals surface area contributed by atoms with E-state index in [2.05, 4.69) is 11.8 Å². The highest BCUT2D eigenvalue weighted by atomic mass is 16.3. The van der Waals surface area contributed by atoms with E-state index in [1.807, 2.05) is 51.1 Å². The van der Waals surface area contributed by atoms with Crippen LogP contribution in [0.4, 0.5) is 0 Å². The van der Waals surface area contributed by atoms with Crippen molar-refractivity contribution in [2.24, 2.45) is 5.41 Å². The fourth-order valence-corrected chi connectivity index (χ4v) is 1.55. The van der Waals surface area contributed by atoms with Gasteiger partial charge in [-0.1, -0.05) is 57.0 Å². The van der Waals surface area contributed by atoms with Crippen LogP contribution in [-0.4, -0.2) is 5.11 Å². The maximum atomic E-state index is 10.6. The maximum absolute atomic E-state index is 10.6. The van der Waals surface area contributed by atoms with Crippen molar-refractivity contribution in [2.75, 3.05) is 0 Å². The highest BCUT2D eigenvalue weighted by molar-refractivity contribution is 5.34. The Balaban J connectivity index is 3.30. The van der Waals surface area contributed by atoms with Gasteiger partial charge in [-0.25, -0.2) is 0 Å². The van der Waals surface area contributed by atoms with E-state index in [1.165, 1.54) is 0 Å². The molecule has 0 aromatic heterocycles. The first-order chi connectivity index (χ1) is 6.92. The highest BCUT2D eigenvalue weighted by Gasteiger charge is 2.39. The molecule has 0 bridgehead atoms. The fourth-order valence-electron chi connectivity index (χ4n) is 1.55. The summed E-state index contributed by atoms with van der Waals surface area (Å²) in [5.74, 6) is 5.73. The Hall–Kier alpha value is -1.26. The molecule has 1 nitrogen and oxygen atoms in total. The third-order valence-corrected chi connectivity index (χ3v) is 2.58. The summed E-state index contributed by atoms with van der Waals surface area (Å²) in [4.78, 5) is 0. The summed E-state index contributed by atoms with van der Waals surface area (Å²) in [6.45, 7) is 7.72. The lowest BCUT2D eigenvalue weighted by Gasteiger charge is -2.36. The molecule has 15 heavy (non-hydrogen) atoms. The van der Waals surface area contributed by atoms with Gasteiger partial charge in [-0.05, 0) is 12.5 Å². The summed E-state index contributed by atoms with van der Waals surface area (Å²) in [7, 11) is 0. The second-order valence-electron chi connectivity index (χ2n) is 4.70. The Morgan fingerprint density at radius 1 is 1.07 bits per heavy atom. The van der Waals surface area contributed by atoms with Crippen molar-refractivity contribution < 1.29 is 5.11 Å². The van der Waals surface area contributed by atoms with Crippen LogP contribution in [0.15, 0.2) is 30.3 Å². The van der Waals surface area contributed by atoms with Crippen molar-refractivity contribution in [1.29, 1.82) is 0 Å². The number of hydrogen-bond donors (Lipinski definition) is 1. The summed E-state index contributed by atoms with van der Waals surface area (Å²) in [5.41, 5.74) is -0.535. The van der Waals surface area contributed by atoms with Crippen LogP contribution in [0.1, 0.15) is 33.3 Å². The van der Waals surface area contributed by atoms with Gasteiger partial charge in [0.2, 0.25) is 0 Å². The van der Waals surface area contributed by atoms with Gasteiger partial charge in [0.15, 0.2) is 5.60 Å². The molecular formula is C14H18O. The number of benzene rings is 1. The summed E-state index contributed by atoms with van der Waals surface area (Å²) >= 11 is 0. The zero-order valence-corrected chi connectivity index (χ0v) is 9.83. The van der Waals surface area contributed by atoms with Crippen LogP contribution in [0.3, 0.4) is 0 Å². The van der Waals surface area contributed by atoms with Crippen LogP contribution in [-0.2, 0) is 5.60 Å². The minimum atomic E-state index is -1.08. The van der Waals surface area contributed by atoms with Gasteiger partial charge < -0.3 is 5.11 Å². The Morgan fingerprint density at radius 3 is 2.00 bits per heavy atom. The van der Waals surface area contributed by atoms with E-state index in [9.17, 15) is 5.11 Å². The van der Waals surface area contributed by atoms with E-state index in [0.717, 1.165) is 5.56 Å². The molecule has 0 saturated carbocycles. The fraction of sp³-hybridized carbons (Fsp3) is 0.429. The molecule has 0 saturated heterocycles. The SMILES string of the molecule is CC#CC(O)(c1ccccc1)C(C)(C)C. The van der Waals surface area contributed by atoms with Crippen molar-refractivity contribution in [3.8, 4) is 11.8 Å². The molecule has 1 rings (SSSR count). The minimum Gasteiger partial charge on any atom is -0.373 e. The maximum Gasteiger partial charge on any atom is 0.155 e. The monoisotopic (exact) mass is 202 g/mol. The summed E-state index contributed by atoms with van der Waals surface area (Å²) in [5, 5.41) is 10.6. The molecule has 0 radical (unpaired) electrons. The molecule has 0 fully saturated rings. The first kappa shape index (κ1) is 11.8. The molecule has 1 unspecified atom stereocenters. The smallest absolute Gasteiger partial charge is 0.155 e. The third kappa shape index (κ3) is 2.22. The van der Waals surface area contributed by atoms with Gasteiger partial charge in [0, 0.05) is 5.41 Å². The van der Waals surface area contributed by atoms with E-state index < -0.39 is 5.60 Å². The van der Waals surface area contributed by atoms with Gasteiger partial charge >= 0.3 is 0 Å². The van der Waals surface area contributed by atoms with E-state index in [4.69, 9.17) is 0 Å². The predicted octanol–water partition coefficient (Wildman–Crippen LogP) is 2.94. The van der Waals surface area contributed by atoms with Gasteiger partial charge in [-0.15, -0.1) is 5.92 Å². The van der Waals surface area contributed by atoms with Crippen LogP contribution in [0.5, 0.6) is 0 Å². The molecule has 0 heterocycles. The largest absolute Gasteiger partial charge is 0.373 e. The molecule has 0 aliphatic rings. The lowest BCUT2D eigenvalue weighted by Crippen LogP contribution is -2.38. The first-order valence-corrected chi connectivity index (χ1v) is 5.13. The lowest BCUT2D eigenvalue weighted by molar-refractivity contribution is -0.00904. The van der Waals surface area contributed by atoms with Crippen LogP contribution in [0.25, 0.3) is 0 Å². The molecule has 0 spiro atoms. The normalized spacial score (nSPS) is 15.0. The van der Waals surface area contributed by atoms with E-state index in [-0.39, 0.29) is 5.41 Å². The molecule has 0 amide bonds. The Bertz CT molecular complexity index is 375. The second kappa shape index (κ2) is 4.08. The van der Waals surface area contributed by atoms with Crippen molar-refractivity contribution in [3.05, 3.63) is 35.9 Å². The van der Waals surface area contributed by atoms with Gasteiger partial charge in [0.1, 0.15) is 0 Å².